The van der Waals surface area contributed by atoms with Gasteiger partial charge in [0, 0.05) is 11.3 Å². The van der Waals surface area contributed by atoms with Gasteiger partial charge < -0.3 is 4.74 Å². The van der Waals surface area contributed by atoms with Gasteiger partial charge in [0.05, 0.1) is 0 Å². The molecule has 3 nitrogen and oxygen atoms in total. The fourth-order valence-electron chi connectivity index (χ4n) is 1.05. The van der Waals surface area contributed by atoms with Gasteiger partial charge in [0.15, 0.2) is 5.82 Å². The Labute approximate surface area is 106 Å². The summed E-state index contributed by atoms with van der Waals surface area (Å²) in [6.07, 6.45) is -3.76. The minimum absolute atomic E-state index is 0.0770. The third-order valence-electron chi connectivity index (χ3n) is 2.22. The molecule has 0 aliphatic rings. The average Bonchev–Trinajstić information content (AvgIpc) is 2.25. The molecule has 0 unspecified atom stereocenters. The third-order valence-corrected chi connectivity index (χ3v) is 2.59. The van der Waals surface area contributed by atoms with E-state index in [-0.39, 0.29) is 11.0 Å². The first-order valence-electron chi connectivity index (χ1n) is 4.97. The second kappa shape index (κ2) is 5.79. The molecule has 0 radical (unpaired) electrons. The monoisotopic (exact) mass is 286 g/mol. The van der Waals surface area contributed by atoms with E-state index in [0.717, 1.165) is 0 Å². The molecular formula is C10H11ClF4N2O. The lowest BCUT2D eigenvalue weighted by Gasteiger charge is -2.15. The molecule has 0 fully saturated rings. The number of ether oxygens (including phenoxy) is 1. The summed E-state index contributed by atoms with van der Waals surface area (Å²) in [4.78, 5) is 7.74. The maximum atomic E-state index is 12.5. The van der Waals surface area contributed by atoms with Crippen molar-refractivity contribution in [2.75, 3.05) is 6.61 Å². The van der Waals surface area contributed by atoms with Gasteiger partial charge in [-0.1, -0.05) is 11.6 Å². The second-order valence-corrected chi connectivity index (χ2v) is 4.05. The van der Waals surface area contributed by atoms with Crippen LogP contribution in [0, 0.1) is 13.8 Å². The number of alkyl halides is 4. The average molecular weight is 287 g/mol. The second-order valence-electron chi connectivity index (χ2n) is 3.70. The van der Waals surface area contributed by atoms with Crippen molar-refractivity contribution in [2.24, 2.45) is 0 Å². The summed E-state index contributed by atoms with van der Waals surface area (Å²) >= 11 is 5.76. The van der Waals surface area contributed by atoms with Gasteiger partial charge in [-0.05, 0) is 13.8 Å². The smallest absolute Gasteiger partial charge is 0.330 e. The van der Waals surface area contributed by atoms with Crippen LogP contribution in [0.25, 0.3) is 0 Å². The molecular weight excluding hydrogens is 276 g/mol. The largest absolute Gasteiger partial charge is 0.367 e. The van der Waals surface area contributed by atoms with Gasteiger partial charge in [0.2, 0.25) is 0 Å². The van der Waals surface area contributed by atoms with E-state index in [1.807, 2.05) is 0 Å². The predicted octanol–water partition coefficient (Wildman–Crippen LogP) is 3.16. The Kier molecular flexibility index (Phi) is 4.86. The van der Waals surface area contributed by atoms with Crippen molar-refractivity contribution in [3.8, 4) is 0 Å². The van der Waals surface area contributed by atoms with E-state index in [1.54, 1.807) is 13.8 Å². The quantitative estimate of drug-likeness (QED) is 0.616. The van der Waals surface area contributed by atoms with Crippen LogP contribution in [0.5, 0.6) is 0 Å². The highest BCUT2D eigenvalue weighted by Gasteiger charge is 2.41. The molecule has 0 amide bonds. The van der Waals surface area contributed by atoms with Crippen LogP contribution in [-0.4, -0.2) is 28.9 Å². The van der Waals surface area contributed by atoms with E-state index in [9.17, 15) is 17.6 Å². The minimum atomic E-state index is -4.18. The van der Waals surface area contributed by atoms with Crippen LogP contribution < -0.4 is 0 Å². The Morgan fingerprint density at radius 1 is 1.28 bits per heavy atom. The van der Waals surface area contributed by atoms with E-state index >= 15 is 0 Å². The van der Waals surface area contributed by atoms with Crippen molar-refractivity contribution in [1.82, 2.24) is 9.97 Å². The zero-order valence-corrected chi connectivity index (χ0v) is 10.4. The van der Waals surface area contributed by atoms with Gasteiger partial charge in [-0.2, -0.15) is 8.78 Å². The summed E-state index contributed by atoms with van der Waals surface area (Å²) in [7, 11) is 0. The lowest BCUT2D eigenvalue weighted by atomic mass is 10.3. The molecule has 8 heteroatoms. The topological polar surface area (TPSA) is 35.0 Å². The number of rotatable bonds is 5. The molecule has 0 aromatic carbocycles. The highest BCUT2D eigenvalue weighted by Crippen LogP contribution is 2.23. The molecule has 1 heterocycles. The van der Waals surface area contributed by atoms with Crippen LogP contribution >= 0.6 is 11.6 Å². The molecule has 0 bridgehead atoms. The van der Waals surface area contributed by atoms with E-state index < -0.39 is 25.6 Å². The molecule has 1 aromatic rings. The number of hydrogen-bond donors (Lipinski definition) is 0. The molecule has 0 aliphatic carbocycles. The van der Waals surface area contributed by atoms with Crippen molar-refractivity contribution < 1.29 is 22.3 Å². The van der Waals surface area contributed by atoms with Gasteiger partial charge in [0.1, 0.15) is 18.4 Å². The van der Waals surface area contributed by atoms with Gasteiger partial charge >= 0.3 is 12.3 Å². The van der Waals surface area contributed by atoms with Gasteiger partial charge in [0.25, 0.3) is 0 Å². The predicted molar refractivity (Wildman–Crippen MR) is 57.1 cm³/mol. The van der Waals surface area contributed by atoms with Gasteiger partial charge in [-0.15, -0.1) is 0 Å². The first-order valence-corrected chi connectivity index (χ1v) is 5.35. The van der Waals surface area contributed by atoms with Crippen LogP contribution in [0.3, 0.4) is 0 Å². The fourth-order valence-corrected chi connectivity index (χ4v) is 1.29. The van der Waals surface area contributed by atoms with Crippen LogP contribution in [-0.2, 0) is 11.3 Å². The van der Waals surface area contributed by atoms with Crippen molar-refractivity contribution in [1.29, 1.82) is 0 Å². The lowest BCUT2D eigenvalue weighted by Crippen LogP contribution is -2.32. The Balaban J connectivity index is 2.60. The number of hydrogen-bond acceptors (Lipinski definition) is 3. The highest BCUT2D eigenvalue weighted by molar-refractivity contribution is 6.30. The van der Waals surface area contributed by atoms with E-state index in [4.69, 9.17) is 11.6 Å². The summed E-state index contributed by atoms with van der Waals surface area (Å²) in [6.45, 7) is 1.58. The number of aryl methyl sites for hydroxylation is 1. The van der Waals surface area contributed by atoms with Crippen LogP contribution in [0.4, 0.5) is 17.6 Å². The third kappa shape index (κ3) is 3.78. The van der Waals surface area contributed by atoms with E-state index in [2.05, 4.69) is 14.7 Å². The Hall–Kier alpha value is -0.950. The fraction of sp³-hybridized carbons (Fsp3) is 0.600. The number of aromatic nitrogens is 2. The summed E-state index contributed by atoms with van der Waals surface area (Å²) < 4.78 is 53.2. The molecule has 1 aromatic heterocycles. The van der Waals surface area contributed by atoms with Gasteiger partial charge in [-0.25, -0.2) is 18.7 Å². The molecule has 0 aliphatic heterocycles. The van der Waals surface area contributed by atoms with Gasteiger partial charge in [-0.3, -0.25) is 0 Å². The lowest BCUT2D eigenvalue weighted by molar-refractivity contribution is -0.168. The Bertz CT molecular complexity index is 405. The molecule has 0 saturated carbocycles. The molecule has 18 heavy (non-hydrogen) atoms. The first-order chi connectivity index (χ1) is 8.24. The van der Waals surface area contributed by atoms with Crippen molar-refractivity contribution in [3.63, 3.8) is 0 Å². The van der Waals surface area contributed by atoms with Crippen LogP contribution in [0.2, 0.25) is 5.15 Å². The van der Waals surface area contributed by atoms with Crippen molar-refractivity contribution in [2.45, 2.75) is 32.8 Å². The molecule has 102 valence electrons. The first kappa shape index (κ1) is 15.1. The highest BCUT2D eigenvalue weighted by atomic mass is 35.5. The molecule has 0 atom stereocenters. The number of halogens is 5. The molecule has 0 N–H and O–H groups in total. The molecule has 1 rings (SSSR count). The minimum Gasteiger partial charge on any atom is -0.367 e. The molecule has 0 spiro atoms. The van der Waals surface area contributed by atoms with Crippen molar-refractivity contribution in [3.05, 3.63) is 22.2 Å². The SMILES string of the molecule is Cc1nc(COCC(F)(F)C(F)F)nc(Cl)c1C. The molecule has 0 saturated heterocycles. The zero-order chi connectivity index (χ0) is 13.9. The van der Waals surface area contributed by atoms with E-state index in [0.29, 0.717) is 11.3 Å². The van der Waals surface area contributed by atoms with E-state index in [1.165, 1.54) is 0 Å². The number of nitrogens with zero attached hydrogens (tertiary/aromatic N) is 2. The summed E-state index contributed by atoms with van der Waals surface area (Å²) in [5.41, 5.74) is 1.24. The summed E-state index contributed by atoms with van der Waals surface area (Å²) in [6, 6.07) is 0. The maximum Gasteiger partial charge on any atom is 0.330 e. The normalized spacial score (nSPS) is 12.2. The summed E-state index contributed by atoms with van der Waals surface area (Å²) in [5, 5.41) is 0.182. The van der Waals surface area contributed by atoms with Crippen LogP contribution in [0.1, 0.15) is 17.1 Å². The zero-order valence-electron chi connectivity index (χ0n) is 9.68. The van der Waals surface area contributed by atoms with Crippen LogP contribution in [0.15, 0.2) is 0 Å². The maximum absolute atomic E-state index is 12.5. The Morgan fingerprint density at radius 3 is 2.39 bits per heavy atom. The summed E-state index contributed by atoms with van der Waals surface area (Å²) in [5.74, 6) is -4.10. The standard InChI is InChI=1S/C10H11ClF4N2O/c1-5-6(2)16-7(17-8(5)11)3-18-4-10(14,15)9(12)13/h9H,3-4H2,1-2H3. The Morgan fingerprint density at radius 2 is 1.89 bits per heavy atom. The van der Waals surface area contributed by atoms with Crippen molar-refractivity contribution >= 4 is 11.6 Å².